The molecule has 1 aliphatic rings. The molecule has 0 saturated carbocycles. The summed E-state index contributed by atoms with van der Waals surface area (Å²) in [6.45, 7) is 7.66. The van der Waals surface area contributed by atoms with Crippen LogP contribution in [0.25, 0.3) is 0 Å². The lowest BCUT2D eigenvalue weighted by Gasteiger charge is -2.29. The fourth-order valence-corrected chi connectivity index (χ4v) is 3.21. The molecule has 0 atom stereocenters. The van der Waals surface area contributed by atoms with E-state index in [0.29, 0.717) is 18.3 Å². The van der Waals surface area contributed by atoms with Gasteiger partial charge in [-0.05, 0) is 19.4 Å². The van der Waals surface area contributed by atoms with Crippen LogP contribution in [0, 0.1) is 19.3 Å². The fraction of sp³-hybridized carbons (Fsp3) is 0.348. The Morgan fingerprint density at radius 1 is 1.23 bits per heavy atom. The van der Waals surface area contributed by atoms with Crippen LogP contribution in [0.15, 0.2) is 42.6 Å². The predicted octanol–water partition coefficient (Wildman–Crippen LogP) is 3.15. The van der Waals surface area contributed by atoms with Crippen LogP contribution in [0.1, 0.15) is 22.6 Å². The van der Waals surface area contributed by atoms with Crippen LogP contribution in [0.5, 0.6) is 5.88 Å². The third-order valence-electron chi connectivity index (χ3n) is 4.77. The molecule has 1 aromatic carbocycles. The first kappa shape index (κ1) is 22.3. The van der Waals surface area contributed by atoms with E-state index in [2.05, 4.69) is 19.9 Å². The lowest BCUT2D eigenvalue weighted by Crippen LogP contribution is -2.36. The van der Waals surface area contributed by atoms with Gasteiger partial charge in [-0.15, -0.1) is 0 Å². The molecule has 3 heterocycles. The van der Waals surface area contributed by atoms with Crippen molar-refractivity contribution in [2.75, 3.05) is 43.5 Å². The van der Waals surface area contributed by atoms with Gasteiger partial charge in [0.15, 0.2) is 0 Å². The molecule has 0 bridgehead atoms. The van der Waals surface area contributed by atoms with Gasteiger partial charge in [-0.1, -0.05) is 29.8 Å². The Kier molecular flexibility index (Phi) is 8.00. The number of anilines is 2. The Hall–Kier alpha value is -3.39. The number of hydrogen-bond donors (Lipinski definition) is 3. The van der Waals surface area contributed by atoms with Gasteiger partial charge < -0.3 is 30.5 Å². The van der Waals surface area contributed by atoms with Crippen molar-refractivity contribution in [1.29, 1.82) is 5.41 Å². The predicted molar refractivity (Wildman–Crippen MR) is 123 cm³/mol. The summed E-state index contributed by atoms with van der Waals surface area (Å²) < 4.78 is 11.1. The van der Waals surface area contributed by atoms with Crippen LogP contribution in [0.3, 0.4) is 0 Å². The van der Waals surface area contributed by atoms with Gasteiger partial charge in [0.2, 0.25) is 5.88 Å². The van der Waals surface area contributed by atoms with Crippen LogP contribution >= 0.6 is 0 Å². The second-order valence-corrected chi connectivity index (χ2v) is 7.34. The number of morpholine rings is 1. The number of aromatic nitrogens is 3. The minimum absolute atomic E-state index is 0.469. The molecule has 0 spiro atoms. The monoisotopic (exact) mass is 422 g/mol. The fourth-order valence-electron chi connectivity index (χ4n) is 3.21. The topological polar surface area (TPSA) is 113 Å². The van der Waals surface area contributed by atoms with E-state index in [1.54, 1.807) is 0 Å². The van der Waals surface area contributed by atoms with Gasteiger partial charge in [-0.2, -0.15) is 4.98 Å². The number of hydrogen-bond acceptors (Lipinski definition) is 7. The summed E-state index contributed by atoms with van der Waals surface area (Å²) in [6, 6.07) is 11.7. The third kappa shape index (κ3) is 7.11. The summed E-state index contributed by atoms with van der Waals surface area (Å²) in [7, 11) is 0. The first-order valence-corrected chi connectivity index (χ1v) is 10.3. The zero-order valence-electron chi connectivity index (χ0n) is 18.1. The molecule has 1 aliphatic heterocycles. The van der Waals surface area contributed by atoms with E-state index in [1.807, 2.05) is 56.4 Å². The number of nitrogen functional groups attached to an aromatic ring is 1. The molecule has 164 valence electrons. The smallest absolute Gasteiger partial charge is 0.217 e. The van der Waals surface area contributed by atoms with Crippen LogP contribution in [0.2, 0.25) is 0 Å². The average Bonchev–Trinajstić information content (AvgIpc) is 3.19. The molecule has 4 N–H and O–H groups in total. The number of nitrogens with zero attached hydrogens (tertiary/aromatic N) is 3. The number of imidazole rings is 1. The number of nitrogens with one attached hydrogen (secondary N) is 2. The van der Waals surface area contributed by atoms with Gasteiger partial charge in [0, 0.05) is 55.4 Å². The Balaban J connectivity index is 0.000000254. The van der Waals surface area contributed by atoms with Gasteiger partial charge in [-0.25, -0.2) is 4.98 Å². The molecule has 31 heavy (non-hydrogen) atoms. The van der Waals surface area contributed by atoms with Crippen molar-refractivity contribution < 1.29 is 9.47 Å². The summed E-state index contributed by atoms with van der Waals surface area (Å²) in [6.07, 6.45) is 3.93. The number of pyridine rings is 1. The number of H-pyrrole nitrogens is 1. The first-order valence-electron chi connectivity index (χ1n) is 10.3. The third-order valence-corrected chi connectivity index (χ3v) is 4.77. The van der Waals surface area contributed by atoms with Crippen LogP contribution < -0.4 is 15.4 Å². The second kappa shape index (κ2) is 11.1. The summed E-state index contributed by atoms with van der Waals surface area (Å²) in [5, 5.41) is 6.92. The molecule has 0 amide bonds. The minimum atomic E-state index is 0.469. The Labute approximate surface area is 182 Å². The van der Waals surface area contributed by atoms with Crippen LogP contribution in [0.4, 0.5) is 11.5 Å². The van der Waals surface area contributed by atoms with E-state index in [-0.39, 0.29) is 0 Å². The minimum Gasteiger partial charge on any atom is -0.477 e. The van der Waals surface area contributed by atoms with Crippen molar-refractivity contribution in [3.8, 4) is 5.88 Å². The maximum atomic E-state index is 6.92. The molecule has 1 saturated heterocycles. The van der Waals surface area contributed by atoms with E-state index in [9.17, 15) is 0 Å². The lowest BCUT2D eigenvalue weighted by atomic mass is 10.2. The molecule has 2 aromatic heterocycles. The van der Waals surface area contributed by atoms with Gasteiger partial charge in [-0.3, -0.25) is 0 Å². The van der Waals surface area contributed by atoms with Gasteiger partial charge >= 0.3 is 0 Å². The first-order chi connectivity index (χ1) is 15.0. The SMILES string of the molecule is Cc1cccc(C=N)c1.Cc1ncc(CCOc2cc(N3CCOCC3)cc(N)n2)[nH]1. The number of benzene rings is 1. The standard InChI is InChI=1S/C15H21N5O2.C8H9N/c1-11-17-10-12(18-11)2-5-22-15-9-13(8-14(16)19-15)20-3-6-21-7-4-20;1-7-3-2-4-8(5-7)6-9/h8-10H,2-7H2,1H3,(H2,16,19)(H,17,18);2-6,9H,1H3. The van der Waals surface area contributed by atoms with Crippen molar-refractivity contribution in [3.05, 3.63) is 65.2 Å². The van der Waals surface area contributed by atoms with Crippen molar-refractivity contribution >= 4 is 17.7 Å². The lowest BCUT2D eigenvalue weighted by molar-refractivity contribution is 0.122. The highest BCUT2D eigenvalue weighted by Crippen LogP contribution is 2.23. The molecule has 0 radical (unpaired) electrons. The number of nitrogens with two attached hydrogens (primary N) is 1. The summed E-state index contributed by atoms with van der Waals surface area (Å²) in [5.74, 6) is 1.93. The zero-order valence-corrected chi connectivity index (χ0v) is 18.1. The molecule has 4 rings (SSSR count). The van der Waals surface area contributed by atoms with Gasteiger partial charge in [0.25, 0.3) is 0 Å². The highest BCUT2D eigenvalue weighted by molar-refractivity contribution is 5.76. The average molecular weight is 423 g/mol. The summed E-state index contributed by atoms with van der Waals surface area (Å²) in [4.78, 5) is 13.8. The highest BCUT2D eigenvalue weighted by Gasteiger charge is 2.13. The van der Waals surface area contributed by atoms with Gasteiger partial charge in [0.1, 0.15) is 11.6 Å². The highest BCUT2D eigenvalue weighted by atomic mass is 16.5. The summed E-state index contributed by atoms with van der Waals surface area (Å²) >= 11 is 0. The normalized spacial score (nSPS) is 13.3. The molecular formula is C23H30N6O2. The Morgan fingerprint density at radius 2 is 2.03 bits per heavy atom. The molecule has 3 aromatic rings. The van der Waals surface area contributed by atoms with Crippen LogP contribution in [-0.4, -0.2) is 54.1 Å². The molecule has 8 heteroatoms. The van der Waals surface area contributed by atoms with E-state index in [4.69, 9.17) is 20.6 Å². The van der Waals surface area contributed by atoms with E-state index in [1.165, 1.54) is 11.8 Å². The maximum Gasteiger partial charge on any atom is 0.217 e. The number of aromatic amines is 1. The molecule has 8 nitrogen and oxygen atoms in total. The quantitative estimate of drug-likeness (QED) is 0.526. The molecule has 1 fully saturated rings. The zero-order chi connectivity index (χ0) is 22.1. The molecular weight excluding hydrogens is 392 g/mol. The Morgan fingerprint density at radius 3 is 2.68 bits per heavy atom. The second-order valence-electron chi connectivity index (χ2n) is 7.34. The van der Waals surface area contributed by atoms with Crippen molar-refractivity contribution in [3.63, 3.8) is 0 Å². The number of ether oxygens (including phenoxy) is 2. The van der Waals surface area contributed by atoms with Crippen molar-refractivity contribution in [2.45, 2.75) is 20.3 Å². The Bertz CT molecular complexity index is 982. The van der Waals surface area contributed by atoms with E-state index in [0.717, 1.165) is 55.5 Å². The van der Waals surface area contributed by atoms with E-state index >= 15 is 0 Å². The van der Waals surface area contributed by atoms with Crippen molar-refractivity contribution in [1.82, 2.24) is 15.0 Å². The largest absolute Gasteiger partial charge is 0.477 e. The van der Waals surface area contributed by atoms with E-state index < -0.39 is 0 Å². The summed E-state index contributed by atoms with van der Waals surface area (Å²) in [5.41, 5.74) is 10.1. The number of aryl methyl sites for hydroxylation is 2. The molecule has 0 aliphatic carbocycles. The van der Waals surface area contributed by atoms with Crippen molar-refractivity contribution in [2.24, 2.45) is 0 Å². The van der Waals surface area contributed by atoms with Crippen LogP contribution in [-0.2, 0) is 11.2 Å². The number of rotatable bonds is 6. The molecule has 0 unspecified atom stereocenters. The van der Waals surface area contributed by atoms with Gasteiger partial charge in [0.05, 0.1) is 19.8 Å². The maximum absolute atomic E-state index is 6.92.